The van der Waals surface area contributed by atoms with Gasteiger partial charge in [0.2, 0.25) is 0 Å². The molecule has 36 heavy (non-hydrogen) atoms. The number of hydrogen-bond acceptors (Lipinski definition) is 10. The van der Waals surface area contributed by atoms with Crippen LogP contribution >= 0.6 is 22.9 Å². The van der Waals surface area contributed by atoms with Gasteiger partial charge in [-0.1, -0.05) is 11.6 Å². The molecule has 3 amide bonds. The fourth-order valence-electron chi connectivity index (χ4n) is 4.22. The lowest BCUT2D eigenvalue weighted by Gasteiger charge is -2.43. The van der Waals surface area contributed by atoms with Crippen molar-refractivity contribution in [3.63, 3.8) is 0 Å². The summed E-state index contributed by atoms with van der Waals surface area (Å²) in [7, 11) is -3.29. The molecule has 0 aliphatic carbocycles. The molecule has 2 fully saturated rings. The highest BCUT2D eigenvalue weighted by Gasteiger charge is 2.52. The number of likely N-dealkylation sites (tertiary alicyclic amines) is 1. The van der Waals surface area contributed by atoms with Crippen molar-refractivity contribution in [3.8, 4) is 11.5 Å². The lowest BCUT2D eigenvalue weighted by molar-refractivity contribution is -0.142. The zero-order chi connectivity index (χ0) is 26.4. The lowest BCUT2D eigenvalue weighted by atomic mass is 9.99. The van der Waals surface area contributed by atoms with Crippen LogP contribution in [0.5, 0.6) is 11.5 Å². The number of carbonyl (C=O) groups is 3. The summed E-state index contributed by atoms with van der Waals surface area (Å²) in [6.45, 7) is 0.493. The second kappa shape index (κ2) is 9.82. The van der Waals surface area contributed by atoms with Crippen LogP contribution in [0.2, 0.25) is 5.02 Å². The van der Waals surface area contributed by atoms with Crippen molar-refractivity contribution in [2.45, 2.75) is 24.4 Å². The minimum absolute atomic E-state index is 0.0557. The zero-order valence-corrected chi connectivity index (χ0v) is 21.1. The van der Waals surface area contributed by atoms with Gasteiger partial charge in [-0.15, -0.1) is 11.3 Å². The maximum absolute atomic E-state index is 12.9. The van der Waals surface area contributed by atoms with Gasteiger partial charge >= 0.3 is 10.3 Å². The Morgan fingerprint density at radius 2 is 2.03 bits per heavy atom. The maximum Gasteiger partial charge on any atom is 0.362 e. The van der Waals surface area contributed by atoms with E-state index in [1.807, 2.05) is 0 Å². The fraction of sp³-hybridized carbons (Fsp3) is 0.400. The van der Waals surface area contributed by atoms with Gasteiger partial charge < -0.3 is 25.7 Å². The molecule has 13 nitrogen and oxygen atoms in total. The molecular weight excluding hydrogens is 538 g/mol. The summed E-state index contributed by atoms with van der Waals surface area (Å²) in [5, 5.41) is 24.9. The van der Waals surface area contributed by atoms with Crippen LogP contribution in [0, 0.1) is 0 Å². The van der Waals surface area contributed by atoms with Gasteiger partial charge in [0.05, 0.1) is 27.8 Å². The number of amides is 3. The number of rotatable bonds is 7. The molecule has 0 bridgehead atoms. The SMILES string of the molecule is CNC1C(=O)N(S(=O)(=O)O)C1CNC(=O)c1cnc(C2CCN(C(=O)c3ccc(O)c(O)c3Cl)C2)s1. The number of phenols is 2. The van der Waals surface area contributed by atoms with Crippen molar-refractivity contribution in [2.75, 3.05) is 26.7 Å². The molecule has 0 spiro atoms. The Morgan fingerprint density at radius 3 is 2.69 bits per heavy atom. The molecule has 4 rings (SSSR count). The first-order valence-electron chi connectivity index (χ1n) is 10.7. The monoisotopic (exact) mass is 559 g/mol. The predicted octanol–water partition coefficient (Wildman–Crippen LogP) is 0.169. The van der Waals surface area contributed by atoms with Crippen LogP contribution in [0.3, 0.4) is 0 Å². The first kappa shape index (κ1) is 26.1. The number of halogens is 1. The van der Waals surface area contributed by atoms with E-state index in [4.69, 9.17) is 11.6 Å². The van der Waals surface area contributed by atoms with Gasteiger partial charge in [-0.3, -0.25) is 18.9 Å². The number of hydrogen-bond donors (Lipinski definition) is 5. The van der Waals surface area contributed by atoms with Crippen LogP contribution in [0.25, 0.3) is 0 Å². The Bertz CT molecular complexity index is 1330. The van der Waals surface area contributed by atoms with Crippen molar-refractivity contribution >= 4 is 51.0 Å². The van der Waals surface area contributed by atoms with Gasteiger partial charge in [0, 0.05) is 25.6 Å². The van der Waals surface area contributed by atoms with Gasteiger partial charge in [0.15, 0.2) is 11.5 Å². The van der Waals surface area contributed by atoms with Gasteiger partial charge in [-0.2, -0.15) is 8.42 Å². The highest BCUT2D eigenvalue weighted by atomic mass is 35.5. The molecule has 2 aromatic rings. The largest absolute Gasteiger partial charge is 0.504 e. The fourth-order valence-corrected chi connectivity index (χ4v) is 6.30. The third-order valence-corrected chi connectivity index (χ3v) is 8.59. The van der Waals surface area contributed by atoms with Crippen LogP contribution in [0.15, 0.2) is 18.3 Å². The van der Waals surface area contributed by atoms with E-state index < -0.39 is 51.6 Å². The first-order chi connectivity index (χ1) is 16.9. The molecule has 2 aliphatic rings. The van der Waals surface area contributed by atoms with Gasteiger partial charge in [0.1, 0.15) is 10.9 Å². The van der Waals surface area contributed by atoms with Crippen molar-refractivity contribution in [2.24, 2.45) is 0 Å². The normalized spacial score (nSPS) is 22.0. The lowest BCUT2D eigenvalue weighted by Crippen LogP contribution is -2.73. The smallest absolute Gasteiger partial charge is 0.362 e. The molecular formula is C20H22ClN5O8S2. The van der Waals surface area contributed by atoms with E-state index in [0.29, 0.717) is 28.8 Å². The van der Waals surface area contributed by atoms with Crippen molar-refractivity contribution in [1.29, 1.82) is 0 Å². The van der Waals surface area contributed by atoms with Crippen LogP contribution in [0.4, 0.5) is 0 Å². The Labute approximate surface area is 214 Å². The Morgan fingerprint density at radius 1 is 1.31 bits per heavy atom. The molecule has 1 aromatic heterocycles. The van der Waals surface area contributed by atoms with E-state index in [2.05, 4.69) is 15.6 Å². The Kier molecular flexibility index (Phi) is 7.12. The molecule has 16 heteroatoms. The van der Waals surface area contributed by atoms with Crippen molar-refractivity contribution in [3.05, 3.63) is 38.8 Å². The van der Waals surface area contributed by atoms with Gasteiger partial charge in [-0.25, -0.2) is 9.29 Å². The topological polar surface area (TPSA) is 189 Å². The molecule has 194 valence electrons. The third-order valence-electron chi connectivity index (χ3n) is 6.10. The molecule has 1 aromatic carbocycles. The second-order valence-corrected chi connectivity index (χ2v) is 11.0. The summed E-state index contributed by atoms with van der Waals surface area (Å²) in [6, 6.07) is 0.669. The number of thiazole rings is 1. The first-order valence-corrected chi connectivity index (χ1v) is 13.2. The van der Waals surface area contributed by atoms with Crippen LogP contribution in [0.1, 0.15) is 37.4 Å². The number of carbonyl (C=O) groups excluding carboxylic acids is 3. The van der Waals surface area contributed by atoms with Gasteiger partial charge in [-0.05, 0) is 25.6 Å². The minimum Gasteiger partial charge on any atom is -0.504 e. The second-order valence-electron chi connectivity index (χ2n) is 8.25. The predicted molar refractivity (Wildman–Crippen MR) is 128 cm³/mol. The number of nitrogens with zero attached hydrogens (tertiary/aromatic N) is 3. The highest BCUT2D eigenvalue weighted by molar-refractivity contribution is 7.84. The van der Waals surface area contributed by atoms with E-state index in [0.717, 1.165) is 11.3 Å². The highest BCUT2D eigenvalue weighted by Crippen LogP contribution is 2.37. The van der Waals surface area contributed by atoms with Crippen molar-refractivity contribution in [1.82, 2.24) is 24.8 Å². The summed E-state index contributed by atoms with van der Waals surface area (Å²) in [4.78, 5) is 43.4. The average molecular weight is 560 g/mol. The molecule has 3 atom stereocenters. The van der Waals surface area contributed by atoms with E-state index in [9.17, 15) is 37.6 Å². The minimum atomic E-state index is -4.75. The average Bonchev–Trinajstić information content (AvgIpc) is 3.49. The summed E-state index contributed by atoms with van der Waals surface area (Å²) >= 11 is 7.13. The summed E-state index contributed by atoms with van der Waals surface area (Å²) in [5.41, 5.74) is 0.0557. The Balaban J connectivity index is 1.37. The molecule has 2 aliphatic heterocycles. The number of phenolic OH excluding ortho intramolecular Hbond substituents is 2. The molecule has 2 saturated heterocycles. The van der Waals surface area contributed by atoms with Crippen molar-refractivity contribution < 1.29 is 37.6 Å². The van der Waals surface area contributed by atoms with Crippen LogP contribution in [-0.4, -0.2) is 93.9 Å². The zero-order valence-electron chi connectivity index (χ0n) is 18.7. The molecule has 0 radical (unpaired) electrons. The maximum atomic E-state index is 12.9. The summed E-state index contributed by atoms with van der Waals surface area (Å²) in [6.07, 6.45) is 1.95. The summed E-state index contributed by atoms with van der Waals surface area (Å²) < 4.78 is 32.4. The standard InChI is InChI=1S/C20H22ClN5O8S2/c1-22-15-11(26(20(15)31)36(32,33)34)6-23-17(29)13-7-24-18(35-13)9-4-5-25(8-9)19(30)10-2-3-12(27)16(28)14(10)21/h2-3,7,9,11,15,22,27-28H,4-6,8H2,1H3,(H,23,29)(H,32,33,34). The Hall–Kier alpha value is -2.98. The summed E-state index contributed by atoms with van der Waals surface area (Å²) in [5.74, 6) is -2.90. The molecule has 5 N–H and O–H groups in total. The van der Waals surface area contributed by atoms with E-state index in [-0.39, 0.29) is 27.9 Å². The van der Waals surface area contributed by atoms with Crippen LogP contribution < -0.4 is 10.6 Å². The number of nitrogens with one attached hydrogen (secondary N) is 2. The molecule has 3 heterocycles. The third kappa shape index (κ3) is 4.71. The molecule has 0 saturated carbocycles. The number of likely N-dealkylation sites (N-methyl/N-ethyl adjacent to an activating group) is 1. The number of benzene rings is 1. The van der Waals surface area contributed by atoms with Crippen LogP contribution in [-0.2, 0) is 15.1 Å². The number of β-lactam (4-membered cyclic amide) rings is 1. The van der Waals surface area contributed by atoms with E-state index >= 15 is 0 Å². The quantitative estimate of drug-likeness (QED) is 0.177. The number of aromatic hydroxyl groups is 2. The van der Waals surface area contributed by atoms with E-state index in [1.165, 1.54) is 25.4 Å². The molecule has 3 unspecified atom stereocenters. The van der Waals surface area contributed by atoms with E-state index in [1.54, 1.807) is 4.90 Å². The number of aromatic nitrogens is 1. The van der Waals surface area contributed by atoms with Gasteiger partial charge in [0.25, 0.3) is 17.7 Å².